The lowest BCUT2D eigenvalue weighted by atomic mass is 10.2. The van der Waals surface area contributed by atoms with Crippen LogP contribution in [0, 0.1) is 0 Å². The third-order valence-corrected chi connectivity index (χ3v) is 3.85. The zero-order valence-corrected chi connectivity index (χ0v) is 17.5. The number of nitrogens with zero attached hydrogens (tertiary/aromatic N) is 2. The minimum atomic E-state index is -0.517. The molecule has 0 aromatic carbocycles. The smallest absolute Gasteiger partial charge is 0.243 e. The van der Waals surface area contributed by atoms with Gasteiger partial charge in [-0.3, -0.25) is 4.79 Å². The number of hydrogen-bond acceptors (Lipinski definition) is 5. The molecule has 9 heteroatoms. The van der Waals surface area contributed by atoms with E-state index in [0.717, 1.165) is 18.7 Å². The van der Waals surface area contributed by atoms with Crippen molar-refractivity contribution in [2.24, 2.45) is 4.99 Å². The molecule has 0 aliphatic carbocycles. The first kappa shape index (κ1) is 22.7. The SMILES string of the molecule is CSCCNC(=NCC(=O)N(C)C)NCCC1(C)OCCO1.I. The summed E-state index contributed by atoms with van der Waals surface area (Å²) in [4.78, 5) is 17.5. The number of aliphatic imine (C=N–C) groups is 1. The number of thioether (sulfide) groups is 1. The summed E-state index contributed by atoms with van der Waals surface area (Å²) in [6.07, 6.45) is 2.77. The fourth-order valence-electron chi connectivity index (χ4n) is 1.84. The molecular weight excluding hydrogens is 431 g/mol. The Morgan fingerprint density at radius 3 is 2.43 bits per heavy atom. The summed E-state index contributed by atoms with van der Waals surface area (Å²) in [6, 6.07) is 0. The first-order valence-corrected chi connectivity index (χ1v) is 8.85. The van der Waals surface area contributed by atoms with Crippen molar-refractivity contribution in [2.75, 3.05) is 59.0 Å². The van der Waals surface area contributed by atoms with Crippen LogP contribution in [-0.4, -0.2) is 81.5 Å². The van der Waals surface area contributed by atoms with Gasteiger partial charge in [-0.05, 0) is 13.2 Å². The van der Waals surface area contributed by atoms with Crippen LogP contribution < -0.4 is 10.6 Å². The second kappa shape index (κ2) is 12.2. The molecule has 0 bridgehead atoms. The van der Waals surface area contributed by atoms with Gasteiger partial charge in [-0.1, -0.05) is 0 Å². The van der Waals surface area contributed by atoms with E-state index in [1.807, 2.05) is 6.92 Å². The van der Waals surface area contributed by atoms with Gasteiger partial charge in [-0.25, -0.2) is 4.99 Å². The van der Waals surface area contributed by atoms with Crippen molar-refractivity contribution in [3.63, 3.8) is 0 Å². The van der Waals surface area contributed by atoms with E-state index in [4.69, 9.17) is 9.47 Å². The van der Waals surface area contributed by atoms with Gasteiger partial charge in [-0.2, -0.15) is 11.8 Å². The summed E-state index contributed by atoms with van der Waals surface area (Å²) in [5, 5.41) is 6.44. The Balaban J connectivity index is 0.00000484. The summed E-state index contributed by atoms with van der Waals surface area (Å²) >= 11 is 1.76. The Bertz CT molecular complexity index is 377. The molecule has 0 spiro atoms. The minimum Gasteiger partial charge on any atom is -0.356 e. The van der Waals surface area contributed by atoms with Crippen LogP contribution in [0.4, 0.5) is 0 Å². The number of hydrogen-bond donors (Lipinski definition) is 2. The first-order chi connectivity index (χ1) is 10.5. The average molecular weight is 460 g/mol. The predicted molar refractivity (Wildman–Crippen MR) is 106 cm³/mol. The molecular formula is C14H29IN4O3S. The van der Waals surface area contributed by atoms with Crippen LogP contribution in [0.2, 0.25) is 0 Å². The Morgan fingerprint density at radius 1 is 1.26 bits per heavy atom. The van der Waals surface area contributed by atoms with E-state index in [1.54, 1.807) is 25.9 Å². The van der Waals surface area contributed by atoms with Gasteiger partial charge in [-0.15, -0.1) is 24.0 Å². The van der Waals surface area contributed by atoms with Gasteiger partial charge in [0.15, 0.2) is 11.7 Å². The topological polar surface area (TPSA) is 75.2 Å². The van der Waals surface area contributed by atoms with Crippen molar-refractivity contribution in [3.05, 3.63) is 0 Å². The number of likely N-dealkylation sites (N-methyl/N-ethyl adjacent to an activating group) is 1. The van der Waals surface area contributed by atoms with Crippen LogP contribution in [0.15, 0.2) is 4.99 Å². The molecule has 0 aromatic heterocycles. The molecule has 1 fully saturated rings. The maximum atomic E-state index is 11.6. The second-order valence-corrected chi connectivity index (χ2v) is 6.37. The zero-order chi connectivity index (χ0) is 16.4. The Morgan fingerprint density at radius 2 is 1.87 bits per heavy atom. The van der Waals surface area contributed by atoms with Crippen LogP contribution in [-0.2, 0) is 14.3 Å². The van der Waals surface area contributed by atoms with E-state index < -0.39 is 5.79 Å². The quantitative estimate of drug-likeness (QED) is 0.241. The summed E-state index contributed by atoms with van der Waals surface area (Å²) in [7, 11) is 3.45. The lowest BCUT2D eigenvalue weighted by molar-refractivity contribution is -0.145. The van der Waals surface area contributed by atoms with Gasteiger partial charge in [0.05, 0.1) is 13.2 Å². The molecule has 1 aliphatic rings. The zero-order valence-electron chi connectivity index (χ0n) is 14.4. The third kappa shape index (κ3) is 9.58. The van der Waals surface area contributed by atoms with Crippen LogP contribution >= 0.6 is 35.7 Å². The van der Waals surface area contributed by atoms with E-state index in [0.29, 0.717) is 25.7 Å². The second-order valence-electron chi connectivity index (χ2n) is 5.38. The molecule has 0 atom stereocenters. The van der Waals surface area contributed by atoms with Crippen LogP contribution in [0.1, 0.15) is 13.3 Å². The van der Waals surface area contributed by atoms with Crippen molar-refractivity contribution in [3.8, 4) is 0 Å². The van der Waals surface area contributed by atoms with Gasteiger partial charge in [0.25, 0.3) is 0 Å². The number of nitrogens with one attached hydrogen (secondary N) is 2. The Hall–Kier alpha value is -0.260. The minimum absolute atomic E-state index is 0. The highest BCUT2D eigenvalue weighted by Crippen LogP contribution is 2.21. The number of carbonyl (C=O) groups is 1. The summed E-state index contributed by atoms with van der Waals surface area (Å²) in [5.74, 6) is 1.08. The average Bonchev–Trinajstić information content (AvgIpc) is 2.90. The van der Waals surface area contributed by atoms with Gasteiger partial charge < -0.3 is 25.0 Å². The summed E-state index contributed by atoms with van der Waals surface area (Å²) in [6.45, 7) is 4.81. The number of halogens is 1. The molecule has 0 saturated carbocycles. The molecule has 1 saturated heterocycles. The van der Waals surface area contributed by atoms with E-state index in [1.165, 1.54) is 4.90 Å². The maximum Gasteiger partial charge on any atom is 0.243 e. The molecule has 1 rings (SSSR count). The first-order valence-electron chi connectivity index (χ1n) is 7.46. The van der Waals surface area contributed by atoms with Gasteiger partial charge in [0.1, 0.15) is 6.54 Å². The van der Waals surface area contributed by atoms with E-state index in [9.17, 15) is 4.79 Å². The standard InChI is InChI=1S/C14H28N4O3S.HI/c1-14(20-8-9-21-14)5-6-15-13(16-7-10-22-4)17-11-12(19)18(2)3;/h5-11H2,1-4H3,(H2,15,16,17);1H. The highest BCUT2D eigenvalue weighted by molar-refractivity contribution is 14.0. The molecule has 1 aliphatic heterocycles. The lowest BCUT2D eigenvalue weighted by Crippen LogP contribution is -2.42. The van der Waals surface area contributed by atoms with Gasteiger partial charge in [0, 0.05) is 39.4 Å². The fraction of sp³-hybridized carbons (Fsp3) is 0.857. The van der Waals surface area contributed by atoms with Crippen molar-refractivity contribution in [1.82, 2.24) is 15.5 Å². The summed E-state index contributed by atoms with van der Waals surface area (Å²) in [5.41, 5.74) is 0. The number of ether oxygens (including phenoxy) is 2. The number of rotatable bonds is 8. The van der Waals surface area contributed by atoms with E-state index >= 15 is 0 Å². The lowest BCUT2D eigenvalue weighted by Gasteiger charge is -2.23. The van der Waals surface area contributed by atoms with Crippen molar-refractivity contribution in [1.29, 1.82) is 0 Å². The largest absolute Gasteiger partial charge is 0.356 e. The molecule has 7 nitrogen and oxygen atoms in total. The van der Waals surface area contributed by atoms with Crippen molar-refractivity contribution >= 4 is 47.6 Å². The number of guanidine groups is 1. The van der Waals surface area contributed by atoms with E-state index in [2.05, 4.69) is 21.9 Å². The molecule has 0 aromatic rings. The van der Waals surface area contributed by atoms with Crippen molar-refractivity contribution in [2.45, 2.75) is 19.1 Å². The highest BCUT2D eigenvalue weighted by Gasteiger charge is 2.30. The van der Waals surface area contributed by atoms with Crippen LogP contribution in [0.3, 0.4) is 0 Å². The van der Waals surface area contributed by atoms with Crippen molar-refractivity contribution < 1.29 is 14.3 Å². The molecule has 0 unspecified atom stereocenters. The molecule has 136 valence electrons. The van der Waals surface area contributed by atoms with Crippen LogP contribution in [0.5, 0.6) is 0 Å². The fourth-order valence-corrected chi connectivity index (χ4v) is 2.15. The van der Waals surface area contributed by atoms with Gasteiger partial charge in [0.2, 0.25) is 5.91 Å². The summed E-state index contributed by atoms with van der Waals surface area (Å²) < 4.78 is 11.1. The molecule has 0 radical (unpaired) electrons. The Labute approximate surface area is 160 Å². The normalized spacial score (nSPS) is 16.6. The molecule has 1 amide bonds. The van der Waals surface area contributed by atoms with Gasteiger partial charge >= 0.3 is 0 Å². The van der Waals surface area contributed by atoms with E-state index in [-0.39, 0.29) is 36.4 Å². The highest BCUT2D eigenvalue weighted by atomic mass is 127. The number of amides is 1. The van der Waals surface area contributed by atoms with Crippen LogP contribution in [0.25, 0.3) is 0 Å². The maximum absolute atomic E-state index is 11.6. The molecule has 2 N–H and O–H groups in total. The number of carbonyl (C=O) groups excluding carboxylic acids is 1. The molecule has 23 heavy (non-hydrogen) atoms. The monoisotopic (exact) mass is 460 g/mol. The predicted octanol–water partition coefficient (Wildman–Crippen LogP) is 0.744. The Kier molecular flexibility index (Phi) is 12.0. The third-order valence-electron chi connectivity index (χ3n) is 3.24. The molecule has 1 heterocycles.